The van der Waals surface area contributed by atoms with Gasteiger partial charge < -0.3 is 10.1 Å². The zero-order valence-electron chi connectivity index (χ0n) is 12.8. The van der Waals surface area contributed by atoms with Crippen molar-refractivity contribution in [1.82, 2.24) is 0 Å². The first kappa shape index (κ1) is 15.5. The number of benzene rings is 2. The van der Waals surface area contributed by atoms with E-state index in [0.717, 1.165) is 0 Å². The summed E-state index contributed by atoms with van der Waals surface area (Å²) in [5.74, 6) is -0.640. The number of hydrogen-bond acceptors (Lipinski definition) is 4. The molecule has 2 aromatic rings. The Balaban J connectivity index is 1.89. The maximum Gasteiger partial charge on any atom is 0.411 e. The molecule has 0 atom stereocenters. The van der Waals surface area contributed by atoms with Crippen LogP contribution in [0.1, 0.15) is 15.9 Å². The molecular formula is C18H14N2O4. The highest BCUT2D eigenvalue weighted by molar-refractivity contribution is 6.35. The second-order valence-electron chi connectivity index (χ2n) is 5.12. The average Bonchev–Trinajstić information content (AvgIpc) is 2.90. The van der Waals surface area contributed by atoms with Crippen LogP contribution in [-0.4, -0.2) is 24.9 Å². The number of ether oxygens (including phenoxy) is 1. The molecule has 2 amide bonds. The average molecular weight is 322 g/mol. The summed E-state index contributed by atoms with van der Waals surface area (Å²) in [5.41, 5.74) is 2.49. The molecule has 6 nitrogen and oxygen atoms in total. The van der Waals surface area contributed by atoms with Crippen LogP contribution in [0.3, 0.4) is 0 Å². The van der Waals surface area contributed by atoms with Crippen molar-refractivity contribution in [2.75, 3.05) is 17.7 Å². The normalized spacial score (nSPS) is 14.0. The van der Waals surface area contributed by atoms with Crippen molar-refractivity contribution in [3.63, 3.8) is 0 Å². The number of ketones is 1. The number of anilines is 2. The van der Waals surface area contributed by atoms with Crippen LogP contribution in [0.5, 0.6) is 0 Å². The van der Waals surface area contributed by atoms with Crippen molar-refractivity contribution >= 4 is 34.7 Å². The Bertz CT molecular complexity index is 871. The summed E-state index contributed by atoms with van der Waals surface area (Å²) >= 11 is 0. The van der Waals surface area contributed by atoms with Gasteiger partial charge in [0.05, 0.1) is 12.7 Å². The van der Waals surface area contributed by atoms with Crippen LogP contribution < -0.4 is 10.6 Å². The van der Waals surface area contributed by atoms with E-state index in [4.69, 9.17) is 0 Å². The number of amides is 2. The van der Waals surface area contributed by atoms with Crippen LogP contribution in [-0.2, 0) is 9.53 Å². The SMILES string of the molecule is COC(=O)Nc1cccc(C(=O)C=C2C(=O)Nc3ccccc32)c1. The summed E-state index contributed by atoms with van der Waals surface area (Å²) in [6, 6.07) is 13.6. The molecule has 0 fully saturated rings. The highest BCUT2D eigenvalue weighted by Crippen LogP contribution is 2.31. The predicted molar refractivity (Wildman–Crippen MR) is 89.8 cm³/mol. The lowest BCUT2D eigenvalue weighted by molar-refractivity contribution is -0.110. The Morgan fingerprint density at radius 3 is 2.71 bits per heavy atom. The summed E-state index contributed by atoms with van der Waals surface area (Å²) in [5, 5.41) is 5.21. The van der Waals surface area contributed by atoms with Gasteiger partial charge in [-0.25, -0.2) is 4.79 Å². The van der Waals surface area contributed by atoms with Gasteiger partial charge in [0.2, 0.25) is 0 Å². The molecule has 0 bridgehead atoms. The molecular weight excluding hydrogens is 308 g/mol. The summed E-state index contributed by atoms with van der Waals surface area (Å²) < 4.78 is 4.52. The standard InChI is InChI=1S/C18H14N2O4/c1-24-18(23)19-12-6-4-5-11(9-12)16(21)10-14-13-7-2-3-8-15(13)20-17(14)22/h2-10H,1H3,(H,19,23)(H,20,22). The molecule has 24 heavy (non-hydrogen) atoms. The smallest absolute Gasteiger partial charge is 0.411 e. The maximum atomic E-state index is 12.5. The van der Waals surface area contributed by atoms with E-state index in [1.54, 1.807) is 36.4 Å². The van der Waals surface area contributed by atoms with Gasteiger partial charge in [0.25, 0.3) is 5.91 Å². The quantitative estimate of drug-likeness (QED) is 0.672. The summed E-state index contributed by atoms with van der Waals surface area (Å²) in [6.07, 6.45) is 0.681. The van der Waals surface area contributed by atoms with Crippen molar-refractivity contribution in [3.05, 3.63) is 65.7 Å². The molecule has 120 valence electrons. The minimum atomic E-state index is -0.623. The Morgan fingerprint density at radius 1 is 1.12 bits per heavy atom. The van der Waals surface area contributed by atoms with Crippen molar-refractivity contribution in [2.24, 2.45) is 0 Å². The predicted octanol–water partition coefficient (Wildman–Crippen LogP) is 3.08. The molecule has 1 heterocycles. The highest BCUT2D eigenvalue weighted by atomic mass is 16.5. The molecule has 0 radical (unpaired) electrons. The lowest BCUT2D eigenvalue weighted by Crippen LogP contribution is -2.11. The molecule has 0 saturated carbocycles. The first-order valence-electron chi connectivity index (χ1n) is 7.20. The van der Waals surface area contributed by atoms with E-state index in [9.17, 15) is 14.4 Å². The highest BCUT2D eigenvalue weighted by Gasteiger charge is 2.24. The second-order valence-corrected chi connectivity index (χ2v) is 5.12. The van der Waals surface area contributed by atoms with Gasteiger partial charge in [-0.2, -0.15) is 0 Å². The summed E-state index contributed by atoms with van der Waals surface area (Å²) in [4.78, 5) is 35.7. The largest absolute Gasteiger partial charge is 0.453 e. The third kappa shape index (κ3) is 3.03. The van der Waals surface area contributed by atoms with Gasteiger partial charge in [0, 0.05) is 22.5 Å². The van der Waals surface area contributed by atoms with E-state index >= 15 is 0 Å². The lowest BCUT2D eigenvalue weighted by Gasteiger charge is -2.05. The molecule has 6 heteroatoms. The fraction of sp³-hybridized carbons (Fsp3) is 0.0556. The zero-order valence-corrected chi connectivity index (χ0v) is 12.8. The fourth-order valence-electron chi connectivity index (χ4n) is 2.42. The first-order chi connectivity index (χ1) is 11.6. The van der Waals surface area contributed by atoms with Gasteiger partial charge in [0.1, 0.15) is 0 Å². The van der Waals surface area contributed by atoms with Crippen molar-refractivity contribution < 1.29 is 19.1 Å². The topological polar surface area (TPSA) is 84.5 Å². The molecule has 0 aliphatic carbocycles. The van der Waals surface area contributed by atoms with Gasteiger partial charge in [-0.1, -0.05) is 30.3 Å². The number of nitrogens with one attached hydrogen (secondary N) is 2. The summed E-state index contributed by atoms with van der Waals surface area (Å²) in [7, 11) is 1.25. The number of allylic oxidation sites excluding steroid dienone is 1. The third-order valence-electron chi connectivity index (χ3n) is 3.56. The second kappa shape index (κ2) is 6.37. The van der Waals surface area contributed by atoms with Crippen LogP contribution in [0.15, 0.2) is 54.6 Å². The van der Waals surface area contributed by atoms with Crippen LogP contribution in [0.4, 0.5) is 16.2 Å². The van der Waals surface area contributed by atoms with Gasteiger partial charge in [0.15, 0.2) is 5.78 Å². The van der Waals surface area contributed by atoms with Crippen LogP contribution >= 0.6 is 0 Å². The van der Waals surface area contributed by atoms with E-state index in [-0.39, 0.29) is 11.7 Å². The number of hydrogen-bond donors (Lipinski definition) is 2. The van der Waals surface area contributed by atoms with Gasteiger partial charge >= 0.3 is 6.09 Å². The molecule has 3 rings (SSSR count). The van der Waals surface area contributed by atoms with E-state index in [1.807, 2.05) is 6.07 Å². The van der Waals surface area contributed by atoms with E-state index in [0.29, 0.717) is 28.1 Å². The number of para-hydroxylation sites is 1. The molecule has 2 N–H and O–H groups in total. The van der Waals surface area contributed by atoms with Gasteiger partial charge in [-0.3, -0.25) is 14.9 Å². The first-order valence-corrected chi connectivity index (χ1v) is 7.20. The molecule has 1 aliphatic rings. The van der Waals surface area contributed by atoms with Gasteiger partial charge in [-0.05, 0) is 24.3 Å². The van der Waals surface area contributed by atoms with Crippen molar-refractivity contribution in [1.29, 1.82) is 0 Å². The number of rotatable bonds is 3. The number of carbonyl (C=O) groups excluding carboxylic acids is 3. The molecule has 0 saturated heterocycles. The Labute approximate surface area is 138 Å². The molecule has 2 aromatic carbocycles. The fourth-order valence-corrected chi connectivity index (χ4v) is 2.42. The van der Waals surface area contributed by atoms with Crippen molar-refractivity contribution in [3.8, 4) is 0 Å². The Kier molecular flexibility index (Phi) is 4.11. The van der Waals surface area contributed by atoms with Gasteiger partial charge in [-0.15, -0.1) is 0 Å². The molecule has 0 unspecified atom stereocenters. The van der Waals surface area contributed by atoms with E-state index < -0.39 is 6.09 Å². The molecule has 0 spiro atoms. The Hall–Kier alpha value is -3.41. The minimum absolute atomic E-state index is 0.312. The minimum Gasteiger partial charge on any atom is -0.453 e. The van der Waals surface area contributed by atoms with Crippen LogP contribution in [0.25, 0.3) is 5.57 Å². The molecule has 1 aliphatic heterocycles. The van der Waals surface area contributed by atoms with Crippen LogP contribution in [0, 0.1) is 0 Å². The van der Waals surface area contributed by atoms with E-state index in [1.165, 1.54) is 19.3 Å². The Morgan fingerprint density at radius 2 is 1.92 bits per heavy atom. The van der Waals surface area contributed by atoms with Crippen molar-refractivity contribution in [2.45, 2.75) is 0 Å². The number of methoxy groups -OCH3 is 1. The maximum absolute atomic E-state index is 12.5. The zero-order chi connectivity index (χ0) is 17.1. The van der Waals surface area contributed by atoms with E-state index in [2.05, 4.69) is 15.4 Å². The number of fused-ring (bicyclic) bond motifs is 1. The monoisotopic (exact) mass is 322 g/mol. The summed E-state index contributed by atoms with van der Waals surface area (Å²) in [6.45, 7) is 0. The van der Waals surface area contributed by atoms with Crippen LogP contribution in [0.2, 0.25) is 0 Å². The molecule has 0 aromatic heterocycles. The lowest BCUT2D eigenvalue weighted by atomic mass is 10.0. The third-order valence-corrected chi connectivity index (χ3v) is 3.56. The number of carbonyl (C=O) groups is 3.